The minimum Gasteiger partial charge on any atom is -0.486 e. The molecule has 7 rings (SSSR count). The van der Waals surface area contributed by atoms with Crippen molar-refractivity contribution in [3.63, 3.8) is 0 Å². The van der Waals surface area contributed by atoms with Crippen LogP contribution >= 0.6 is 0 Å². The predicted octanol–water partition coefficient (Wildman–Crippen LogP) is 3.40. The third kappa shape index (κ3) is 4.17. The molecule has 2 amide bonds. The van der Waals surface area contributed by atoms with Gasteiger partial charge in [0.1, 0.15) is 18.0 Å². The molecule has 4 saturated carbocycles. The molecule has 4 fully saturated rings. The smallest absolute Gasteiger partial charge is 0.247 e. The second kappa shape index (κ2) is 9.98. The molecule has 6 aliphatic rings. The van der Waals surface area contributed by atoms with Crippen LogP contribution < -0.4 is 10.1 Å². The van der Waals surface area contributed by atoms with E-state index in [1.54, 1.807) is 0 Å². The summed E-state index contributed by atoms with van der Waals surface area (Å²) < 4.78 is 6.29. The maximum Gasteiger partial charge on any atom is 0.247 e. The van der Waals surface area contributed by atoms with E-state index in [1.807, 2.05) is 35.2 Å². The molecule has 1 aromatic rings. The maximum atomic E-state index is 14.1. The van der Waals surface area contributed by atoms with Crippen LogP contribution in [0.25, 0.3) is 0 Å². The van der Waals surface area contributed by atoms with Gasteiger partial charge in [0.2, 0.25) is 11.8 Å². The zero-order valence-corrected chi connectivity index (χ0v) is 22.6. The number of nitrogens with one attached hydrogen (secondary N) is 1. The Morgan fingerprint density at radius 3 is 2.61 bits per heavy atom. The first-order valence-corrected chi connectivity index (χ1v) is 14.7. The van der Waals surface area contributed by atoms with Gasteiger partial charge >= 0.3 is 0 Å². The fraction of sp³-hybridized carbons (Fsp3) is 0.677. The van der Waals surface area contributed by atoms with Crippen LogP contribution in [0.15, 0.2) is 35.9 Å². The van der Waals surface area contributed by atoms with Gasteiger partial charge in [-0.05, 0) is 67.4 Å². The van der Waals surface area contributed by atoms with E-state index in [0.717, 1.165) is 43.6 Å². The molecule has 38 heavy (non-hydrogen) atoms. The second-order valence-corrected chi connectivity index (χ2v) is 12.9. The van der Waals surface area contributed by atoms with Gasteiger partial charge in [-0.25, -0.2) is 0 Å². The number of hydrogen-bond acceptors (Lipinski definition) is 5. The third-order valence-corrected chi connectivity index (χ3v) is 10.7. The van der Waals surface area contributed by atoms with E-state index in [2.05, 4.69) is 19.2 Å². The maximum absolute atomic E-state index is 14.1. The Bertz CT molecular complexity index is 1110. The molecular formula is C31H42N2O5. The summed E-state index contributed by atoms with van der Waals surface area (Å²) in [7, 11) is 0. The highest BCUT2D eigenvalue weighted by Gasteiger charge is 2.56. The Kier molecular flexibility index (Phi) is 6.79. The topological polar surface area (TPSA) is 99.1 Å². The van der Waals surface area contributed by atoms with Crippen molar-refractivity contribution in [3.05, 3.63) is 41.5 Å². The van der Waals surface area contributed by atoms with Crippen molar-refractivity contribution in [2.24, 2.45) is 29.1 Å². The molecule has 5 aliphatic carbocycles. The number of carbonyl (C=O) groups is 2. The summed E-state index contributed by atoms with van der Waals surface area (Å²) in [5, 5.41) is 24.0. The van der Waals surface area contributed by atoms with Crippen molar-refractivity contribution in [1.82, 2.24) is 10.2 Å². The zero-order valence-electron chi connectivity index (χ0n) is 22.6. The molecule has 1 aliphatic heterocycles. The van der Waals surface area contributed by atoms with E-state index < -0.39 is 24.2 Å². The summed E-state index contributed by atoms with van der Waals surface area (Å²) in [5.74, 6) is 1.82. The third-order valence-electron chi connectivity index (χ3n) is 10.7. The molecule has 1 heterocycles. The normalized spacial score (nSPS) is 34.8. The average molecular weight is 523 g/mol. The van der Waals surface area contributed by atoms with Crippen LogP contribution in [-0.2, 0) is 9.59 Å². The molecule has 0 aromatic heterocycles. The highest BCUT2D eigenvalue weighted by molar-refractivity contribution is 5.96. The number of nitrogens with zero attached hydrogens (tertiary/aromatic N) is 1. The lowest BCUT2D eigenvalue weighted by atomic mass is 9.45. The summed E-state index contributed by atoms with van der Waals surface area (Å²) in [5.41, 5.74) is 1.69. The Morgan fingerprint density at radius 1 is 1.13 bits per heavy atom. The molecule has 7 atom stereocenters. The van der Waals surface area contributed by atoms with Gasteiger partial charge in [0.05, 0.1) is 18.6 Å². The van der Waals surface area contributed by atoms with Crippen LogP contribution in [0.5, 0.6) is 5.75 Å². The molecule has 0 unspecified atom stereocenters. The van der Waals surface area contributed by atoms with Crippen molar-refractivity contribution in [1.29, 1.82) is 0 Å². The summed E-state index contributed by atoms with van der Waals surface area (Å²) in [6, 6.07) is 6.99. The van der Waals surface area contributed by atoms with Crippen molar-refractivity contribution in [2.45, 2.75) is 83.0 Å². The summed E-state index contributed by atoms with van der Waals surface area (Å²) in [4.78, 5) is 29.5. The number of benzene rings is 1. The number of para-hydroxylation sites is 1. The molecule has 0 saturated heterocycles. The molecule has 0 spiro atoms. The van der Waals surface area contributed by atoms with Crippen LogP contribution in [0.2, 0.25) is 0 Å². The van der Waals surface area contributed by atoms with Gasteiger partial charge in [0, 0.05) is 30.1 Å². The number of carbonyl (C=O) groups excluding carboxylic acids is 2. The van der Waals surface area contributed by atoms with E-state index in [1.165, 1.54) is 12.8 Å². The van der Waals surface area contributed by atoms with Gasteiger partial charge in [-0.15, -0.1) is 0 Å². The predicted molar refractivity (Wildman–Crippen MR) is 143 cm³/mol. The fourth-order valence-electron chi connectivity index (χ4n) is 8.39. The SMILES string of the molecule is CC1(C)[C@H]2CC[C@@H](CN(C(=O)C3CCCC3)[C@@H]3C=C(C(=O)NCCO)[C@@H]4c5ccccc5O[C@@H]4[C@H]3O)[C@@H]1C2. The number of fused-ring (bicyclic) bond motifs is 5. The molecule has 7 heteroatoms. The number of aliphatic hydroxyl groups excluding tert-OH is 2. The van der Waals surface area contributed by atoms with Gasteiger partial charge in [-0.1, -0.05) is 44.9 Å². The first-order valence-electron chi connectivity index (χ1n) is 14.7. The number of rotatable bonds is 7. The summed E-state index contributed by atoms with van der Waals surface area (Å²) >= 11 is 0. The standard InChI is InChI=1S/C31H42N2O5/c1-31(2)20-12-11-19(23(31)15-20)17-33(30(37)18-7-3-4-8-18)24-16-22(29(36)32-13-14-34)26-21-9-5-6-10-25(21)38-28(26)27(24)35/h5-6,9-10,16,18-20,23-24,26-28,34-35H,3-4,7-8,11-15,17H2,1-2H3,(H,32,36)/t19-,20-,23-,24+,26-,27-,28-/m0/s1. The van der Waals surface area contributed by atoms with E-state index in [0.29, 0.717) is 35.1 Å². The Labute approximate surface area is 225 Å². The molecule has 0 radical (unpaired) electrons. The Morgan fingerprint density at radius 2 is 1.89 bits per heavy atom. The van der Waals surface area contributed by atoms with E-state index in [4.69, 9.17) is 4.74 Å². The van der Waals surface area contributed by atoms with Gasteiger partial charge in [0.15, 0.2) is 0 Å². The number of amides is 2. The Hall–Kier alpha value is -2.38. The van der Waals surface area contributed by atoms with Crippen molar-refractivity contribution >= 4 is 11.8 Å². The van der Waals surface area contributed by atoms with E-state index >= 15 is 0 Å². The second-order valence-electron chi connectivity index (χ2n) is 12.9. The molecular weight excluding hydrogens is 480 g/mol. The highest BCUT2D eigenvalue weighted by atomic mass is 16.5. The molecule has 2 bridgehead atoms. The monoisotopic (exact) mass is 522 g/mol. The summed E-state index contributed by atoms with van der Waals surface area (Å²) in [6.45, 7) is 5.35. The number of ether oxygens (including phenoxy) is 1. The quantitative estimate of drug-likeness (QED) is 0.510. The van der Waals surface area contributed by atoms with Crippen LogP contribution in [0.4, 0.5) is 0 Å². The van der Waals surface area contributed by atoms with Crippen LogP contribution in [0.3, 0.4) is 0 Å². The first-order chi connectivity index (χ1) is 18.3. The van der Waals surface area contributed by atoms with E-state index in [-0.39, 0.29) is 30.9 Å². The van der Waals surface area contributed by atoms with Gasteiger partial charge in [-0.2, -0.15) is 0 Å². The minimum atomic E-state index is -0.946. The van der Waals surface area contributed by atoms with Gasteiger partial charge < -0.3 is 25.2 Å². The van der Waals surface area contributed by atoms with Crippen LogP contribution in [0, 0.1) is 29.1 Å². The van der Waals surface area contributed by atoms with Crippen molar-refractivity contribution in [3.8, 4) is 5.75 Å². The van der Waals surface area contributed by atoms with Crippen LogP contribution in [0.1, 0.15) is 70.3 Å². The van der Waals surface area contributed by atoms with Gasteiger partial charge in [0.25, 0.3) is 0 Å². The zero-order chi connectivity index (χ0) is 26.6. The minimum absolute atomic E-state index is 0.0209. The lowest BCUT2D eigenvalue weighted by Gasteiger charge is -2.61. The van der Waals surface area contributed by atoms with Crippen molar-refractivity contribution in [2.75, 3.05) is 19.7 Å². The largest absolute Gasteiger partial charge is 0.486 e. The number of hydrogen-bond donors (Lipinski definition) is 3. The number of aliphatic hydroxyl groups is 2. The van der Waals surface area contributed by atoms with Crippen molar-refractivity contribution < 1.29 is 24.5 Å². The molecule has 206 valence electrons. The fourth-order valence-corrected chi connectivity index (χ4v) is 8.39. The molecule has 1 aromatic carbocycles. The molecule has 7 nitrogen and oxygen atoms in total. The lowest BCUT2D eigenvalue weighted by molar-refractivity contribution is -0.149. The summed E-state index contributed by atoms with van der Waals surface area (Å²) in [6.07, 6.45) is 7.68. The van der Waals surface area contributed by atoms with Crippen LogP contribution in [-0.4, -0.2) is 64.9 Å². The Balaban J connectivity index is 1.37. The average Bonchev–Trinajstić information content (AvgIpc) is 3.59. The first kappa shape index (κ1) is 25.9. The van der Waals surface area contributed by atoms with Gasteiger partial charge in [-0.3, -0.25) is 9.59 Å². The lowest BCUT2D eigenvalue weighted by Crippen LogP contribution is -2.60. The molecule has 3 N–H and O–H groups in total. The van der Waals surface area contributed by atoms with E-state index in [9.17, 15) is 19.8 Å². The highest BCUT2D eigenvalue weighted by Crippen LogP contribution is 2.61.